The van der Waals surface area contributed by atoms with Crippen molar-refractivity contribution in [3.63, 3.8) is 0 Å². The molecule has 0 spiro atoms. The van der Waals surface area contributed by atoms with Crippen LogP contribution in [0.2, 0.25) is 0 Å². The number of ether oxygens (including phenoxy) is 2. The standard InChI is InChI=1S/C14H9F6NO6S/c1-24-6-3-9(25-2)7-5-8(12(22)26-10(7)4-6)11(13(15,16)17)21-27-28(23)14(18,19)20/h3-5H,1-2H3/b21-11+. The van der Waals surface area contributed by atoms with E-state index >= 15 is 0 Å². The fourth-order valence-electron chi connectivity index (χ4n) is 1.98. The number of oxime groups is 1. The van der Waals surface area contributed by atoms with Gasteiger partial charge in [-0.2, -0.15) is 26.3 Å². The molecule has 0 N–H and O–H groups in total. The van der Waals surface area contributed by atoms with Crippen molar-refractivity contribution in [1.29, 1.82) is 0 Å². The third-order valence-electron chi connectivity index (χ3n) is 3.15. The van der Waals surface area contributed by atoms with Gasteiger partial charge in [0.25, 0.3) is 0 Å². The molecule has 7 nitrogen and oxygen atoms in total. The van der Waals surface area contributed by atoms with Gasteiger partial charge < -0.3 is 13.9 Å². The molecule has 0 fully saturated rings. The highest BCUT2D eigenvalue weighted by atomic mass is 32.2. The second kappa shape index (κ2) is 7.69. The highest BCUT2D eigenvalue weighted by molar-refractivity contribution is 7.81. The summed E-state index contributed by atoms with van der Waals surface area (Å²) in [6.45, 7) is 0. The van der Waals surface area contributed by atoms with Crippen LogP contribution in [-0.4, -0.2) is 35.8 Å². The number of halogens is 6. The van der Waals surface area contributed by atoms with Gasteiger partial charge in [0, 0.05) is 12.1 Å². The van der Waals surface area contributed by atoms with Crippen molar-refractivity contribution in [3.05, 3.63) is 34.2 Å². The number of benzene rings is 1. The monoisotopic (exact) mass is 433 g/mol. The topological polar surface area (TPSA) is 87.3 Å². The number of hydrogen-bond acceptors (Lipinski definition) is 7. The first-order valence-corrected chi connectivity index (χ1v) is 7.97. The molecule has 154 valence electrons. The maximum Gasteiger partial charge on any atom is 0.510 e. The number of rotatable bonds is 5. The molecule has 0 aliphatic carbocycles. The quantitative estimate of drug-likeness (QED) is 0.311. The van der Waals surface area contributed by atoms with Crippen LogP contribution in [0.5, 0.6) is 11.5 Å². The molecule has 2 rings (SSSR count). The summed E-state index contributed by atoms with van der Waals surface area (Å²) >= 11 is -4.17. The highest BCUT2D eigenvalue weighted by Crippen LogP contribution is 2.32. The van der Waals surface area contributed by atoms with E-state index in [4.69, 9.17) is 13.9 Å². The van der Waals surface area contributed by atoms with Crippen LogP contribution in [0.1, 0.15) is 5.56 Å². The summed E-state index contributed by atoms with van der Waals surface area (Å²) in [5.74, 6) is 0.106. The molecular weight excluding hydrogens is 424 g/mol. The normalized spacial score (nSPS) is 14.1. The average molecular weight is 433 g/mol. The van der Waals surface area contributed by atoms with Crippen LogP contribution in [0.25, 0.3) is 11.0 Å². The van der Waals surface area contributed by atoms with Gasteiger partial charge in [-0.1, -0.05) is 5.16 Å². The Kier molecular flexibility index (Phi) is 5.91. The molecule has 1 unspecified atom stereocenters. The molecule has 1 aromatic heterocycles. The summed E-state index contributed by atoms with van der Waals surface area (Å²) in [6.07, 6.45) is -5.43. The number of hydrogen-bond donors (Lipinski definition) is 0. The zero-order valence-electron chi connectivity index (χ0n) is 13.8. The Labute approximate surface area is 154 Å². The third-order valence-corrected chi connectivity index (χ3v) is 3.74. The van der Waals surface area contributed by atoms with E-state index in [1.807, 2.05) is 0 Å². The maximum absolute atomic E-state index is 13.2. The van der Waals surface area contributed by atoms with E-state index in [1.54, 1.807) is 0 Å². The lowest BCUT2D eigenvalue weighted by atomic mass is 10.1. The molecule has 0 amide bonds. The predicted molar refractivity (Wildman–Crippen MR) is 83.5 cm³/mol. The van der Waals surface area contributed by atoms with Gasteiger partial charge in [0.1, 0.15) is 17.1 Å². The first-order chi connectivity index (χ1) is 12.9. The van der Waals surface area contributed by atoms with Gasteiger partial charge in [-0.3, -0.25) is 4.28 Å². The first-order valence-electron chi connectivity index (χ1n) is 6.90. The number of alkyl halides is 6. The fraction of sp³-hybridized carbons (Fsp3) is 0.286. The van der Waals surface area contributed by atoms with Crippen molar-refractivity contribution in [2.24, 2.45) is 5.16 Å². The second-order valence-corrected chi connectivity index (χ2v) is 5.96. The summed E-state index contributed by atoms with van der Waals surface area (Å²) in [4.78, 5) is 12.0. The van der Waals surface area contributed by atoms with E-state index in [9.17, 15) is 35.3 Å². The Bertz CT molecular complexity index is 997. The van der Waals surface area contributed by atoms with Gasteiger partial charge in [0.05, 0.1) is 25.2 Å². The summed E-state index contributed by atoms with van der Waals surface area (Å²) < 4.78 is 105. The van der Waals surface area contributed by atoms with E-state index in [0.717, 1.165) is 0 Å². The minimum Gasteiger partial charge on any atom is -0.496 e. The molecule has 28 heavy (non-hydrogen) atoms. The molecule has 2 aromatic rings. The largest absolute Gasteiger partial charge is 0.510 e. The van der Waals surface area contributed by atoms with Crippen molar-refractivity contribution in [1.82, 2.24) is 0 Å². The predicted octanol–water partition coefficient (Wildman–Crippen LogP) is 3.28. The van der Waals surface area contributed by atoms with E-state index in [1.165, 1.54) is 26.4 Å². The molecule has 1 atom stereocenters. The van der Waals surface area contributed by atoms with E-state index < -0.39 is 39.7 Å². The smallest absolute Gasteiger partial charge is 0.496 e. The number of methoxy groups -OCH3 is 2. The van der Waals surface area contributed by atoms with Crippen LogP contribution >= 0.6 is 0 Å². The van der Waals surface area contributed by atoms with Crippen molar-refractivity contribution in [3.8, 4) is 11.5 Å². The van der Waals surface area contributed by atoms with Crippen LogP contribution in [0.3, 0.4) is 0 Å². The van der Waals surface area contributed by atoms with Crippen LogP contribution in [0.15, 0.2) is 32.6 Å². The Balaban J connectivity index is 2.68. The van der Waals surface area contributed by atoms with Gasteiger partial charge in [-0.05, 0) is 6.07 Å². The van der Waals surface area contributed by atoms with E-state index in [-0.39, 0.29) is 22.5 Å². The Morgan fingerprint density at radius 2 is 1.71 bits per heavy atom. The van der Waals surface area contributed by atoms with Gasteiger partial charge in [0.15, 0.2) is 5.71 Å². The van der Waals surface area contributed by atoms with Crippen LogP contribution in [0, 0.1) is 0 Å². The van der Waals surface area contributed by atoms with Crippen molar-refractivity contribution < 1.29 is 48.7 Å². The van der Waals surface area contributed by atoms with Crippen LogP contribution in [-0.2, 0) is 15.4 Å². The molecule has 0 aliphatic heterocycles. The molecular formula is C14H9F6NO6S. The van der Waals surface area contributed by atoms with Crippen molar-refractivity contribution in [2.75, 3.05) is 14.2 Å². The number of nitrogens with zero attached hydrogens (tertiary/aromatic N) is 1. The zero-order valence-corrected chi connectivity index (χ0v) is 14.6. The highest BCUT2D eigenvalue weighted by Gasteiger charge is 2.43. The second-order valence-electron chi connectivity index (χ2n) is 4.88. The molecule has 0 radical (unpaired) electrons. The third kappa shape index (κ3) is 4.55. The van der Waals surface area contributed by atoms with Crippen LogP contribution < -0.4 is 15.1 Å². The molecule has 0 bridgehead atoms. The molecule has 1 aromatic carbocycles. The van der Waals surface area contributed by atoms with Crippen molar-refractivity contribution in [2.45, 2.75) is 11.7 Å². The maximum atomic E-state index is 13.2. The summed E-state index contributed by atoms with van der Waals surface area (Å²) in [7, 11) is 2.45. The minimum atomic E-state index is -5.48. The summed E-state index contributed by atoms with van der Waals surface area (Å²) in [5.41, 5.74) is -10.7. The molecule has 0 saturated carbocycles. The average Bonchev–Trinajstić information content (AvgIpc) is 2.58. The summed E-state index contributed by atoms with van der Waals surface area (Å²) in [6, 6.07) is 3.10. The van der Waals surface area contributed by atoms with E-state index in [0.29, 0.717) is 6.07 Å². The summed E-state index contributed by atoms with van der Waals surface area (Å²) in [5, 5.41) is 2.10. The Morgan fingerprint density at radius 1 is 1.07 bits per heavy atom. The van der Waals surface area contributed by atoms with Gasteiger partial charge in [-0.15, -0.1) is 0 Å². The zero-order chi connectivity index (χ0) is 21.3. The lowest BCUT2D eigenvalue weighted by molar-refractivity contribution is -0.0618. The SMILES string of the molecule is COc1cc(OC)c2cc(/C(=N\OS(=O)C(F)(F)F)C(F)(F)F)c(=O)oc2c1. The lowest BCUT2D eigenvalue weighted by Gasteiger charge is -2.12. The van der Waals surface area contributed by atoms with Gasteiger partial charge in [-0.25, -0.2) is 9.00 Å². The molecule has 1 heterocycles. The lowest BCUT2D eigenvalue weighted by Crippen LogP contribution is -2.30. The van der Waals surface area contributed by atoms with E-state index in [2.05, 4.69) is 9.44 Å². The molecule has 14 heteroatoms. The molecule has 0 aliphatic rings. The van der Waals surface area contributed by atoms with Gasteiger partial charge >= 0.3 is 28.4 Å². The van der Waals surface area contributed by atoms with Gasteiger partial charge in [0.2, 0.25) is 0 Å². The molecule has 0 saturated heterocycles. The minimum absolute atomic E-state index is 0.0549. The Morgan fingerprint density at radius 3 is 2.21 bits per heavy atom. The Hall–Kier alpha value is -2.77. The number of fused-ring (bicyclic) bond motifs is 1. The van der Waals surface area contributed by atoms with Crippen LogP contribution in [0.4, 0.5) is 26.3 Å². The fourth-order valence-corrected chi connectivity index (χ4v) is 2.21. The van der Waals surface area contributed by atoms with Crippen molar-refractivity contribution >= 4 is 27.8 Å². The first kappa shape index (κ1) is 21.5.